The van der Waals surface area contributed by atoms with E-state index in [2.05, 4.69) is 4.72 Å². The van der Waals surface area contributed by atoms with Gasteiger partial charge in [0.05, 0.1) is 11.7 Å². The third-order valence-corrected chi connectivity index (χ3v) is 4.87. The molecular formula is C13H17FN2O3S. The summed E-state index contributed by atoms with van der Waals surface area (Å²) >= 11 is 0. The predicted molar refractivity (Wildman–Crippen MR) is 72.5 cm³/mol. The van der Waals surface area contributed by atoms with Gasteiger partial charge in [-0.25, -0.2) is 17.5 Å². The number of benzene rings is 1. The first kappa shape index (κ1) is 14.9. The van der Waals surface area contributed by atoms with Crippen LogP contribution in [-0.4, -0.2) is 20.4 Å². The standard InChI is InChI=1S/C13H17FN2O3S/c14-11-6-2-1-4-9(11)8-20(18,19)16-12-7-3-5-10(12)13(15)17/h1-2,4,6,10,12,16H,3,5,7-8H2,(H2,15,17)/t10-,12-/m1/s1. The lowest BCUT2D eigenvalue weighted by Crippen LogP contribution is -2.42. The Kier molecular flexibility index (Phi) is 4.39. The van der Waals surface area contributed by atoms with Gasteiger partial charge in [-0.15, -0.1) is 0 Å². The highest BCUT2D eigenvalue weighted by Gasteiger charge is 2.34. The molecule has 1 fully saturated rings. The van der Waals surface area contributed by atoms with E-state index in [9.17, 15) is 17.6 Å². The number of hydrogen-bond acceptors (Lipinski definition) is 3. The van der Waals surface area contributed by atoms with Crippen LogP contribution >= 0.6 is 0 Å². The number of primary amides is 1. The van der Waals surface area contributed by atoms with E-state index in [-0.39, 0.29) is 5.56 Å². The van der Waals surface area contributed by atoms with E-state index in [0.717, 1.165) is 6.42 Å². The molecule has 1 amide bonds. The molecular weight excluding hydrogens is 283 g/mol. The number of halogens is 1. The van der Waals surface area contributed by atoms with Crippen LogP contribution in [0, 0.1) is 11.7 Å². The smallest absolute Gasteiger partial charge is 0.222 e. The Morgan fingerprint density at radius 2 is 2.05 bits per heavy atom. The lowest BCUT2D eigenvalue weighted by atomic mass is 10.0. The number of carbonyl (C=O) groups excluding carboxylic acids is 1. The van der Waals surface area contributed by atoms with Crippen molar-refractivity contribution >= 4 is 15.9 Å². The van der Waals surface area contributed by atoms with Gasteiger partial charge in [-0.1, -0.05) is 24.6 Å². The van der Waals surface area contributed by atoms with Crippen LogP contribution in [0.4, 0.5) is 4.39 Å². The Labute approximate surface area is 117 Å². The van der Waals surface area contributed by atoms with Crippen LogP contribution in [0.1, 0.15) is 24.8 Å². The van der Waals surface area contributed by atoms with Gasteiger partial charge in [0.2, 0.25) is 15.9 Å². The summed E-state index contributed by atoms with van der Waals surface area (Å²) in [4.78, 5) is 11.2. The summed E-state index contributed by atoms with van der Waals surface area (Å²) in [5.74, 6) is -1.98. The third kappa shape index (κ3) is 3.55. The number of amides is 1. The van der Waals surface area contributed by atoms with E-state index < -0.39 is 39.5 Å². The van der Waals surface area contributed by atoms with Crippen LogP contribution in [0.2, 0.25) is 0 Å². The van der Waals surface area contributed by atoms with E-state index in [1.807, 2.05) is 0 Å². The Morgan fingerprint density at radius 3 is 2.70 bits per heavy atom. The van der Waals surface area contributed by atoms with Crippen LogP contribution in [0.15, 0.2) is 24.3 Å². The summed E-state index contributed by atoms with van der Waals surface area (Å²) in [6, 6.07) is 5.24. The molecule has 7 heteroatoms. The molecule has 1 aromatic carbocycles. The van der Waals surface area contributed by atoms with Crippen molar-refractivity contribution in [2.75, 3.05) is 0 Å². The van der Waals surface area contributed by atoms with E-state index in [1.54, 1.807) is 6.07 Å². The average Bonchev–Trinajstić information content (AvgIpc) is 2.79. The van der Waals surface area contributed by atoms with Gasteiger partial charge in [0, 0.05) is 11.6 Å². The Bertz CT molecular complexity index is 603. The van der Waals surface area contributed by atoms with Crippen LogP contribution in [0.25, 0.3) is 0 Å². The molecule has 0 spiro atoms. The molecule has 0 aliphatic heterocycles. The third-order valence-electron chi connectivity index (χ3n) is 3.52. The molecule has 0 bridgehead atoms. The van der Waals surface area contributed by atoms with E-state index in [0.29, 0.717) is 12.8 Å². The fourth-order valence-corrected chi connectivity index (χ4v) is 4.00. The van der Waals surface area contributed by atoms with Gasteiger partial charge in [0.15, 0.2) is 0 Å². The SMILES string of the molecule is NC(=O)[C@@H]1CCC[C@H]1NS(=O)(=O)Cc1ccccc1F. The van der Waals surface area contributed by atoms with Crippen LogP contribution < -0.4 is 10.5 Å². The normalized spacial score (nSPS) is 22.9. The maximum absolute atomic E-state index is 13.5. The van der Waals surface area contributed by atoms with E-state index in [4.69, 9.17) is 5.73 Å². The first-order chi connectivity index (χ1) is 9.39. The first-order valence-corrected chi connectivity index (χ1v) is 8.07. The molecule has 5 nitrogen and oxygen atoms in total. The van der Waals surface area contributed by atoms with Gasteiger partial charge in [0.1, 0.15) is 5.82 Å². The molecule has 3 N–H and O–H groups in total. The van der Waals surface area contributed by atoms with Crippen molar-refractivity contribution in [3.8, 4) is 0 Å². The molecule has 1 aromatic rings. The minimum Gasteiger partial charge on any atom is -0.369 e. The Hall–Kier alpha value is -1.47. The number of hydrogen-bond donors (Lipinski definition) is 2. The van der Waals surface area contributed by atoms with Gasteiger partial charge >= 0.3 is 0 Å². The molecule has 0 radical (unpaired) electrons. The van der Waals surface area contributed by atoms with E-state index in [1.165, 1.54) is 18.2 Å². The second-order valence-corrected chi connectivity index (χ2v) is 6.77. The topological polar surface area (TPSA) is 89.3 Å². The zero-order valence-corrected chi connectivity index (χ0v) is 11.7. The minimum absolute atomic E-state index is 0.105. The number of rotatable bonds is 5. The maximum atomic E-state index is 13.5. The predicted octanol–water partition coefficient (Wildman–Crippen LogP) is 0.899. The zero-order chi connectivity index (χ0) is 14.8. The summed E-state index contributed by atoms with van der Waals surface area (Å²) in [5.41, 5.74) is 5.36. The molecule has 2 rings (SSSR count). The summed E-state index contributed by atoms with van der Waals surface area (Å²) in [5, 5.41) is 0. The van der Waals surface area contributed by atoms with Crippen LogP contribution in [-0.2, 0) is 20.6 Å². The van der Waals surface area contributed by atoms with Gasteiger partial charge < -0.3 is 5.73 Å². The molecule has 1 saturated carbocycles. The quantitative estimate of drug-likeness (QED) is 0.846. The highest BCUT2D eigenvalue weighted by molar-refractivity contribution is 7.88. The van der Waals surface area contributed by atoms with E-state index >= 15 is 0 Å². The average molecular weight is 300 g/mol. The molecule has 0 saturated heterocycles. The second-order valence-electron chi connectivity index (χ2n) is 5.01. The molecule has 0 heterocycles. The minimum atomic E-state index is -3.70. The summed E-state index contributed by atoms with van der Waals surface area (Å²) in [6.45, 7) is 0. The number of nitrogens with two attached hydrogens (primary N) is 1. The van der Waals surface area contributed by atoms with Gasteiger partial charge in [-0.2, -0.15) is 0 Å². The molecule has 110 valence electrons. The van der Waals surface area contributed by atoms with Gasteiger partial charge in [-0.3, -0.25) is 4.79 Å². The summed E-state index contributed by atoms with van der Waals surface area (Å²) in [7, 11) is -3.70. The molecule has 2 atom stereocenters. The maximum Gasteiger partial charge on any atom is 0.222 e. The summed E-state index contributed by atoms with van der Waals surface area (Å²) < 4.78 is 40.0. The van der Waals surface area contributed by atoms with Gasteiger partial charge in [-0.05, 0) is 18.9 Å². The molecule has 1 aliphatic rings. The van der Waals surface area contributed by atoms with Gasteiger partial charge in [0.25, 0.3) is 0 Å². The van der Waals surface area contributed by atoms with Crippen molar-refractivity contribution < 1.29 is 17.6 Å². The number of nitrogens with one attached hydrogen (secondary N) is 1. The van der Waals surface area contributed by atoms with Crippen LogP contribution in [0.3, 0.4) is 0 Å². The molecule has 20 heavy (non-hydrogen) atoms. The lowest BCUT2D eigenvalue weighted by Gasteiger charge is -2.18. The van der Waals surface area contributed by atoms with Crippen molar-refractivity contribution in [3.05, 3.63) is 35.6 Å². The Morgan fingerprint density at radius 1 is 1.35 bits per heavy atom. The molecule has 0 unspecified atom stereocenters. The van der Waals surface area contributed by atoms with Crippen molar-refractivity contribution in [2.24, 2.45) is 11.7 Å². The fourth-order valence-electron chi connectivity index (χ4n) is 2.53. The van der Waals surface area contributed by atoms with Crippen molar-refractivity contribution in [1.82, 2.24) is 4.72 Å². The molecule has 1 aliphatic carbocycles. The van der Waals surface area contributed by atoms with Crippen LogP contribution in [0.5, 0.6) is 0 Å². The van der Waals surface area contributed by atoms with Crippen molar-refractivity contribution in [2.45, 2.75) is 31.1 Å². The largest absolute Gasteiger partial charge is 0.369 e. The number of sulfonamides is 1. The fraction of sp³-hybridized carbons (Fsp3) is 0.462. The molecule has 0 aromatic heterocycles. The summed E-state index contributed by atoms with van der Waals surface area (Å²) in [6.07, 6.45) is 1.91. The first-order valence-electron chi connectivity index (χ1n) is 6.42. The highest BCUT2D eigenvalue weighted by Crippen LogP contribution is 2.26. The lowest BCUT2D eigenvalue weighted by molar-refractivity contribution is -0.122. The monoisotopic (exact) mass is 300 g/mol. The number of carbonyl (C=O) groups is 1. The Balaban J connectivity index is 2.08. The highest BCUT2D eigenvalue weighted by atomic mass is 32.2. The van der Waals surface area contributed by atoms with Crippen molar-refractivity contribution in [3.63, 3.8) is 0 Å². The second kappa shape index (κ2) is 5.88. The zero-order valence-electron chi connectivity index (χ0n) is 10.9. The van der Waals surface area contributed by atoms with Crippen molar-refractivity contribution in [1.29, 1.82) is 0 Å².